The van der Waals surface area contributed by atoms with Gasteiger partial charge in [-0.25, -0.2) is 0 Å². The Bertz CT molecular complexity index is 2550. The summed E-state index contributed by atoms with van der Waals surface area (Å²) in [4.78, 5) is 2.66. The summed E-state index contributed by atoms with van der Waals surface area (Å²) in [5.74, 6) is 0.588. The monoisotopic (exact) mass is 767 g/mol. The molecule has 59 heavy (non-hydrogen) atoms. The minimum atomic E-state index is -0.299. The maximum absolute atomic E-state index is 2.66. The zero-order valence-corrected chi connectivity index (χ0v) is 34.8. The van der Waals surface area contributed by atoms with Crippen LogP contribution in [0.15, 0.2) is 206 Å². The third-order valence-electron chi connectivity index (χ3n) is 12.9. The fourth-order valence-corrected chi connectivity index (χ4v) is 10.2. The Morgan fingerprint density at radius 1 is 0.525 bits per heavy atom. The molecule has 2 nitrogen and oxygen atoms in total. The number of nitrogens with zero attached hydrogens (tertiary/aromatic N) is 2. The molecule has 2 aliphatic heterocycles. The summed E-state index contributed by atoms with van der Waals surface area (Å²) in [5, 5.41) is 2.57. The molecule has 0 bridgehead atoms. The molecule has 2 heterocycles. The molecule has 2 aliphatic rings. The molecule has 0 aliphatic carbocycles. The van der Waals surface area contributed by atoms with Gasteiger partial charge in [0.1, 0.15) is 7.05 Å². The third-order valence-corrected chi connectivity index (χ3v) is 12.9. The van der Waals surface area contributed by atoms with E-state index in [1.54, 1.807) is 0 Å². The quantitative estimate of drug-likeness (QED) is 0.106. The van der Waals surface area contributed by atoms with Gasteiger partial charge in [0.25, 0.3) is 0 Å². The van der Waals surface area contributed by atoms with Crippen LogP contribution in [-0.2, 0) is 36.5 Å². The first-order chi connectivity index (χ1) is 28.9. The van der Waals surface area contributed by atoms with Crippen LogP contribution in [0.2, 0.25) is 0 Å². The zero-order valence-electron chi connectivity index (χ0n) is 34.8. The minimum absolute atomic E-state index is 0.267. The summed E-state index contributed by atoms with van der Waals surface area (Å²) in [6.45, 7) is 5.67. The highest BCUT2D eigenvalue weighted by Gasteiger charge is 2.51. The van der Waals surface area contributed by atoms with Crippen molar-refractivity contribution in [1.29, 1.82) is 0 Å². The SMILES string of the molecule is CC(C)CCN1C(=CC=CC2=[N+](C)c3c(ccc4ccccc34)C2(Cc2ccccc2)Cc2ccccc2)C(Cc2ccccc2)(Cc2ccccc2)c2ccccc21. The van der Waals surface area contributed by atoms with E-state index in [0.717, 1.165) is 38.6 Å². The van der Waals surface area contributed by atoms with Gasteiger partial charge in [0, 0.05) is 35.0 Å². The number of benzene rings is 7. The van der Waals surface area contributed by atoms with Gasteiger partial charge in [0.15, 0.2) is 5.71 Å². The van der Waals surface area contributed by atoms with E-state index in [9.17, 15) is 0 Å². The molecule has 0 radical (unpaired) electrons. The standard InChI is InChI=1S/C57H55N2/c1-43(2)37-38-59-52-32-19-18-31-50(52)56(39-44-21-8-4-9-22-44,40-45-23-10-5-11-24-45)54(59)34-20-33-53-57(41-46-25-12-6-13-26-46,42-47-27-14-7-15-28-47)51-36-35-48-29-16-17-30-49(48)55(51)58(53)3/h4-36,43H,37-42H2,1-3H3/q+1. The largest absolute Gasteiger partial charge is 0.344 e. The van der Waals surface area contributed by atoms with Crippen LogP contribution in [0.3, 0.4) is 0 Å². The second-order valence-corrected chi connectivity index (χ2v) is 17.2. The van der Waals surface area contributed by atoms with E-state index in [-0.39, 0.29) is 10.8 Å². The van der Waals surface area contributed by atoms with Gasteiger partial charge in [0.2, 0.25) is 5.69 Å². The molecule has 7 aromatic carbocycles. The maximum atomic E-state index is 2.66. The Labute approximate surface area is 351 Å². The Hall–Kier alpha value is -6.25. The molecule has 0 saturated heterocycles. The van der Waals surface area contributed by atoms with Crippen LogP contribution < -0.4 is 4.90 Å². The van der Waals surface area contributed by atoms with E-state index in [1.807, 2.05) is 0 Å². The molecule has 0 saturated carbocycles. The predicted molar refractivity (Wildman–Crippen MR) is 249 cm³/mol. The van der Waals surface area contributed by atoms with E-state index >= 15 is 0 Å². The van der Waals surface area contributed by atoms with Crippen molar-refractivity contribution in [1.82, 2.24) is 0 Å². The molecule has 0 N–H and O–H groups in total. The molecular formula is C57H55N2+. The van der Waals surface area contributed by atoms with Crippen molar-refractivity contribution in [2.45, 2.75) is 56.8 Å². The lowest BCUT2D eigenvalue weighted by atomic mass is 9.68. The van der Waals surface area contributed by atoms with Crippen molar-refractivity contribution in [3.8, 4) is 0 Å². The van der Waals surface area contributed by atoms with Crippen molar-refractivity contribution in [3.05, 3.63) is 239 Å². The fourth-order valence-electron chi connectivity index (χ4n) is 10.2. The maximum Gasteiger partial charge on any atom is 0.217 e. The summed E-state index contributed by atoms with van der Waals surface area (Å²) >= 11 is 0. The van der Waals surface area contributed by atoms with Crippen molar-refractivity contribution < 1.29 is 4.58 Å². The van der Waals surface area contributed by atoms with Crippen LogP contribution in [0.1, 0.15) is 53.6 Å². The molecule has 0 spiro atoms. The number of rotatable bonds is 13. The van der Waals surface area contributed by atoms with E-state index in [1.165, 1.54) is 66.9 Å². The number of allylic oxidation sites excluding steroid dienone is 4. The molecule has 0 atom stereocenters. The smallest absolute Gasteiger partial charge is 0.217 e. The van der Waals surface area contributed by atoms with Gasteiger partial charge in [-0.2, -0.15) is 4.58 Å². The first kappa shape index (κ1) is 38.3. The second-order valence-electron chi connectivity index (χ2n) is 17.2. The molecule has 0 aromatic heterocycles. The third kappa shape index (κ3) is 7.38. The summed E-state index contributed by atoms with van der Waals surface area (Å²) < 4.78 is 2.51. The molecule has 292 valence electrons. The van der Waals surface area contributed by atoms with Crippen LogP contribution in [-0.4, -0.2) is 23.9 Å². The van der Waals surface area contributed by atoms with E-state index in [2.05, 4.69) is 231 Å². The summed E-state index contributed by atoms with van der Waals surface area (Å²) in [5.41, 5.74) is 13.0. The molecule has 0 amide bonds. The molecule has 7 aromatic rings. The van der Waals surface area contributed by atoms with E-state index in [4.69, 9.17) is 0 Å². The number of anilines is 1. The second kappa shape index (κ2) is 16.5. The van der Waals surface area contributed by atoms with Crippen molar-refractivity contribution in [2.24, 2.45) is 5.92 Å². The molecule has 0 unspecified atom stereocenters. The zero-order chi connectivity index (χ0) is 40.2. The van der Waals surface area contributed by atoms with Gasteiger partial charge < -0.3 is 4.90 Å². The van der Waals surface area contributed by atoms with Crippen molar-refractivity contribution in [2.75, 3.05) is 18.5 Å². The Balaban J connectivity index is 1.26. The summed E-state index contributed by atoms with van der Waals surface area (Å²) in [6.07, 6.45) is 12.1. The Morgan fingerprint density at radius 2 is 1.02 bits per heavy atom. The van der Waals surface area contributed by atoms with Gasteiger partial charge in [-0.05, 0) is 89.4 Å². The summed E-state index contributed by atoms with van der Waals surface area (Å²) in [6, 6.07) is 67.4. The minimum Gasteiger partial charge on any atom is -0.344 e. The number of hydrogen-bond donors (Lipinski definition) is 0. The van der Waals surface area contributed by atoms with Crippen LogP contribution in [0.5, 0.6) is 0 Å². The molecule has 2 heteroatoms. The molecule has 9 rings (SSSR count). The highest BCUT2D eigenvalue weighted by molar-refractivity contribution is 6.08. The molecule has 0 fully saturated rings. The van der Waals surface area contributed by atoms with Crippen LogP contribution in [0.4, 0.5) is 11.4 Å². The van der Waals surface area contributed by atoms with Crippen LogP contribution >= 0.6 is 0 Å². The van der Waals surface area contributed by atoms with Crippen LogP contribution in [0, 0.1) is 5.92 Å². The van der Waals surface area contributed by atoms with Gasteiger partial charge in [-0.1, -0.05) is 190 Å². The normalized spacial score (nSPS) is 16.1. The van der Waals surface area contributed by atoms with Gasteiger partial charge in [0.05, 0.1) is 10.8 Å². The lowest BCUT2D eigenvalue weighted by molar-refractivity contribution is -0.400. The Kier molecular flexibility index (Phi) is 10.7. The van der Waals surface area contributed by atoms with Crippen molar-refractivity contribution in [3.63, 3.8) is 0 Å². The number of fused-ring (bicyclic) bond motifs is 4. The Morgan fingerprint density at radius 3 is 1.58 bits per heavy atom. The highest BCUT2D eigenvalue weighted by Crippen LogP contribution is 2.52. The first-order valence-electron chi connectivity index (χ1n) is 21.5. The average molecular weight is 768 g/mol. The van der Waals surface area contributed by atoms with Crippen LogP contribution in [0.25, 0.3) is 10.8 Å². The number of para-hydroxylation sites is 1. The van der Waals surface area contributed by atoms with Gasteiger partial charge in [-0.15, -0.1) is 0 Å². The fraction of sp³-hybridized carbons (Fsp3) is 0.211. The highest BCUT2D eigenvalue weighted by atomic mass is 15.2. The van der Waals surface area contributed by atoms with Crippen molar-refractivity contribution >= 4 is 27.9 Å². The van der Waals surface area contributed by atoms with Gasteiger partial charge >= 0.3 is 0 Å². The lowest BCUT2D eigenvalue weighted by Gasteiger charge is -2.35. The average Bonchev–Trinajstić information content (AvgIpc) is 3.65. The predicted octanol–water partition coefficient (Wildman–Crippen LogP) is 13.0. The molecular weight excluding hydrogens is 713 g/mol. The van der Waals surface area contributed by atoms with Gasteiger partial charge in [-0.3, -0.25) is 0 Å². The van der Waals surface area contributed by atoms with E-state index < -0.39 is 0 Å². The lowest BCUT2D eigenvalue weighted by Crippen LogP contribution is -2.39. The summed E-state index contributed by atoms with van der Waals surface area (Å²) in [7, 11) is 2.30. The first-order valence-corrected chi connectivity index (χ1v) is 21.5. The number of hydrogen-bond acceptors (Lipinski definition) is 1. The topological polar surface area (TPSA) is 6.25 Å². The van der Waals surface area contributed by atoms with E-state index in [0.29, 0.717) is 5.92 Å².